The Hall–Kier alpha value is -0.220. The summed E-state index contributed by atoms with van der Waals surface area (Å²) >= 11 is 10.0. The molecule has 0 saturated heterocycles. The van der Waals surface area contributed by atoms with Gasteiger partial charge in [0.2, 0.25) is 5.24 Å². The van der Waals surface area contributed by atoms with Crippen molar-refractivity contribution in [1.29, 1.82) is 0 Å². The molecule has 2 unspecified atom stereocenters. The minimum atomic E-state index is -4.52. The maximum absolute atomic E-state index is 11.8. The van der Waals surface area contributed by atoms with Crippen LogP contribution in [-0.2, 0) is 4.79 Å². The number of carbonyl (C=O) groups excluding carboxylic acids is 1. The number of hydrogen-bond acceptors (Lipinski definition) is 1. The highest BCUT2D eigenvalue weighted by atomic mass is 35.5. The Bertz CT molecular complexity index is 259. The molecule has 0 bridgehead atoms. The molecule has 0 spiro atoms. The Labute approximate surface area is 82.5 Å². The van der Waals surface area contributed by atoms with Gasteiger partial charge in [-0.2, -0.15) is 13.2 Å². The minimum absolute atomic E-state index is 0.356. The Morgan fingerprint density at radius 2 is 1.92 bits per heavy atom. The van der Waals surface area contributed by atoms with Gasteiger partial charge in [-0.1, -0.05) is 17.7 Å². The van der Waals surface area contributed by atoms with Crippen molar-refractivity contribution in [3.63, 3.8) is 0 Å². The van der Waals surface area contributed by atoms with E-state index >= 15 is 0 Å². The van der Waals surface area contributed by atoms with E-state index in [1.807, 2.05) is 0 Å². The van der Waals surface area contributed by atoms with Crippen molar-refractivity contribution in [1.82, 2.24) is 0 Å². The lowest BCUT2D eigenvalue weighted by Gasteiger charge is -2.02. The van der Waals surface area contributed by atoms with Crippen molar-refractivity contribution in [2.75, 3.05) is 0 Å². The van der Waals surface area contributed by atoms with Crippen molar-refractivity contribution in [3.05, 3.63) is 11.1 Å². The van der Waals surface area contributed by atoms with Gasteiger partial charge in [0, 0.05) is 5.92 Å². The molecule has 1 nitrogen and oxygen atoms in total. The molecule has 1 saturated carbocycles. The Kier molecular flexibility index (Phi) is 2.92. The van der Waals surface area contributed by atoms with Gasteiger partial charge < -0.3 is 0 Å². The number of allylic oxidation sites excluding steroid dienone is 2. The van der Waals surface area contributed by atoms with Crippen LogP contribution in [0.1, 0.15) is 6.42 Å². The van der Waals surface area contributed by atoms with Crippen LogP contribution < -0.4 is 0 Å². The van der Waals surface area contributed by atoms with E-state index in [9.17, 15) is 18.0 Å². The van der Waals surface area contributed by atoms with Gasteiger partial charge in [-0.3, -0.25) is 4.79 Å². The van der Waals surface area contributed by atoms with E-state index in [1.165, 1.54) is 0 Å². The van der Waals surface area contributed by atoms with Crippen molar-refractivity contribution >= 4 is 28.4 Å². The lowest BCUT2D eigenvalue weighted by Crippen LogP contribution is -2.07. The molecule has 0 N–H and O–H groups in total. The van der Waals surface area contributed by atoms with Crippen molar-refractivity contribution in [3.8, 4) is 0 Å². The second-order valence-electron chi connectivity index (χ2n) is 2.82. The monoisotopic (exact) mass is 232 g/mol. The van der Waals surface area contributed by atoms with Gasteiger partial charge >= 0.3 is 6.18 Å². The Balaban J connectivity index is 2.56. The predicted molar refractivity (Wildman–Crippen MR) is 42.4 cm³/mol. The van der Waals surface area contributed by atoms with Gasteiger partial charge in [-0.15, -0.1) is 0 Å². The molecular weight excluding hydrogens is 228 g/mol. The fourth-order valence-electron chi connectivity index (χ4n) is 0.942. The summed E-state index contributed by atoms with van der Waals surface area (Å²) in [5.74, 6) is -0.933. The summed E-state index contributed by atoms with van der Waals surface area (Å²) in [6, 6.07) is 0. The number of carbonyl (C=O) groups is 1. The summed E-state index contributed by atoms with van der Waals surface area (Å²) in [7, 11) is 0. The molecular formula is C7H5Cl2F3O. The van der Waals surface area contributed by atoms with Gasteiger partial charge in [0.25, 0.3) is 0 Å². The van der Waals surface area contributed by atoms with Crippen LogP contribution in [0.3, 0.4) is 0 Å². The Morgan fingerprint density at radius 1 is 1.38 bits per heavy atom. The largest absolute Gasteiger partial charge is 0.426 e. The van der Waals surface area contributed by atoms with E-state index in [2.05, 4.69) is 0 Å². The average molecular weight is 233 g/mol. The maximum Gasteiger partial charge on any atom is 0.426 e. The minimum Gasteiger partial charge on any atom is -0.281 e. The van der Waals surface area contributed by atoms with Crippen molar-refractivity contribution in [2.45, 2.75) is 12.6 Å². The van der Waals surface area contributed by atoms with Crippen molar-refractivity contribution in [2.24, 2.45) is 11.8 Å². The number of alkyl halides is 3. The topological polar surface area (TPSA) is 17.1 Å². The zero-order valence-electron chi connectivity index (χ0n) is 6.24. The van der Waals surface area contributed by atoms with Crippen molar-refractivity contribution < 1.29 is 18.0 Å². The molecule has 0 heterocycles. The lowest BCUT2D eigenvalue weighted by atomic mass is 10.3. The number of rotatable bonds is 2. The fraction of sp³-hybridized carbons (Fsp3) is 0.571. The van der Waals surface area contributed by atoms with E-state index in [0.29, 0.717) is 6.42 Å². The van der Waals surface area contributed by atoms with Crippen LogP contribution in [0.25, 0.3) is 0 Å². The first kappa shape index (κ1) is 10.9. The third-order valence-corrected chi connectivity index (χ3v) is 2.38. The van der Waals surface area contributed by atoms with Crippen LogP contribution in [0.4, 0.5) is 13.2 Å². The van der Waals surface area contributed by atoms with Crippen LogP contribution in [-0.4, -0.2) is 11.4 Å². The van der Waals surface area contributed by atoms with Crippen LogP contribution in [0.2, 0.25) is 0 Å². The SMILES string of the molecule is O=C(Cl)C1CC1C=C(Cl)C(F)(F)F. The molecule has 1 aliphatic carbocycles. The molecule has 2 atom stereocenters. The molecule has 1 rings (SSSR count). The predicted octanol–water partition coefficient (Wildman–Crippen LogP) is 3.07. The second-order valence-corrected chi connectivity index (χ2v) is 3.60. The second kappa shape index (κ2) is 3.50. The molecule has 0 aromatic heterocycles. The fourth-order valence-corrected chi connectivity index (χ4v) is 1.35. The average Bonchev–Trinajstić information content (AvgIpc) is 2.64. The molecule has 13 heavy (non-hydrogen) atoms. The molecule has 0 aliphatic heterocycles. The maximum atomic E-state index is 11.8. The van der Waals surface area contributed by atoms with E-state index in [4.69, 9.17) is 23.2 Å². The third kappa shape index (κ3) is 2.88. The van der Waals surface area contributed by atoms with Crippen LogP contribution in [0, 0.1) is 11.8 Å². The van der Waals surface area contributed by atoms with Crippen LogP contribution >= 0.6 is 23.2 Å². The highest BCUT2D eigenvalue weighted by Gasteiger charge is 2.43. The standard InChI is InChI=1S/C7H5Cl2F3O/c8-5(7(10,11)12)2-3-1-4(3)6(9)13/h2-4H,1H2. The first-order chi connectivity index (χ1) is 5.82. The zero-order chi connectivity index (χ0) is 10.2. The van der Waals surface area contributed by atoms with Gasteiger partial charge in [0.1, 0.15) is 5.03 Å². The first-order valence-corrected chi connectivity index (χ1v) is 4.22. The molecule has 0 amide bonds. The molecule has 1 aliphatic rings. The molecule has 0 aromatic rings. The highest BCUT2D eigenvalue weighted by molar-refractivity contribution is 6.64. The normalized spacial score (nSPS) is 28.8. The molecule has 74 valence electrons. The molecule has 6 heteroatoms. The zero-order valence-corrected chi connectivity index (χ0v) is 7.75. The van der Waals surface area contributed by atoms with E-state index in [0.717, 1.165) is 6.08 Å². The summed E-state index contributed by atoms with van der Waals surface area (Å²) in [6.07, 6.45) is -3.33. The van der Waals surface area contributed by atoms with Gasteiger partial charge in [-0.05, 0) is 23.9 Å². The van der Waals surface area contributed by atoms with Gasteiger partial charge in [0.15, 0.2) is 0 Å². The first-order valence-electron chi connectivity index (χ1n) is 3.46. The summed E-state index contributed by atoms with van der Waals surface area (Å²) in [6.45, 7) is 0. The third-order valence-electron chi connectivity index (χ3n) is 1.76. The smallest absolute Gasteiger partial charge is 0.281 e. The summed E-state index contributed by atoms with van der Waals surface area (Å²) < 4.78 is 35.5. The van der Waals surface area contributed by atoms with Crippen LogP contribution in [0.5, 0.6) is 0 Å². The van der Waals surface area contributed by atoms with Crippen LogP contribution in [0.15, 0.2) is 11.1 Å². The van der Waals surface area contributed by atoms with E-state index < -0.39 is 28.3 Å². The number of halogens is 5. The summed E-state index contributed by atoms with van der Waals surface area (Å²) in [4.78, 5) is 10.5. The highest BCUT2D eigenvalue weighted by Crippen LogP contribution is 2.44. The Morgan fingerprint density at radius 3 is 2.23 bits per heavy atom. The number of hydrogen-bond donors (Lipinski definition) is 0. The summed E-state index contributed by atoms with van der Waals surface area (Å²) in [5.41, 5.74) is 0. The van der Waals surface area contributed by atoms with Gasteiger partial charge in [-0.25, -0.2) is 0 Å². The summed E-state index contributed by atoms with van der Waals surface area (Å²) in [5, 5.41) is -1.79. The van der Waals surface area contributed by atoms with E-state index in [1.54, 1.807) is 0 Å². The quantitative estimate of drug-likeness (QED) is 0.669. The van der Waals surface area contributed by atoms with Gasteiger partial charge in [0.05, 0.1) is 0 Å². The molecule has 0 radical (unpaired) electrons. The lowest BCUT2D eigenvalue weighted by molar-refractivity contribution is -0.113. The molecule has 1 fully saturated rings. The molecule has 0 aromatic carbocycles. The van der Waals surface area contributed by atoms with E-state index in [-0.39, 0.29) is 0 Å².